The molecule has 0 aromatic heterocycles. The summed E-state index contributed by atoms with van der Waals surface area (Å²) in [5.74, 6) is -0.323. The Hall–Kier alpha value is -2.35. The third-order valence-corrected chi connectivity index (χ3v) is 1.75. The van der Waals surface area contributed by atoms with Crippen molar-refractivity contribution in [3.05, 3.63) is 28.3 Å². The Kier molecular flexibility index (Phi) is 4.23. The highest BCUT2D eigenvalue weighted by Gasteiger charge is 2.12. The summed E-state index contributed by atoms with van der Waals surface area (Å²) in [5, 5.41) is 30.3. The number of aromatic hydroxyl groups is 1. The SMILES string of the molecule is O=C(Nc1cc([N+](=O)[O-])ccc1O)OCCO. The molecule has 0 spiro atoms. The van der Waals surface area contributed by atoms with Gasteiger partial charge in [0, 0.05) is 12.1 Å². The largest absolute Gasteiger partial charge is 0.506 e. The third-order valence-electron chi connectivity index (χ3n) is 1.75. The number of hydrogen-bond acceptors (Lipinski definition) is 6. The van der Waals surface area contributed by atoms with Gasteiger partial charge in [0.15, 0.2) is 0 Å². The molecule has 0 atom stereocenters. The first-order chi connectivity index (χ1) is 8.04. The second kappa shape index (κ2) is 5.66. The average molecular weight is 242 g/mol. The molecule has 8 nitrogen and oxygen atoms in total. The van der Waals surface area contributed by atoms with Gasteiger partial charge >= 0.3 is 6.09 Å². The van der Waals surface area contributed by atoms with Gasteiger partial charge in [-0.25, -0.2) is 4.79 Å². The predicted molar refractivity (Wildman–Crippen MR) is 56.8 cm³/mol. The predicted octanol–water partition coefficient (Wildman–Crippen LogP) is 0.841. The summed E-state index contributed by atoms with van der Waals surface area (Å²) in [6.07, 6.45) is -0.921. The van der Waals surface area contributed by atoms with E-state index in [0.29, 0.717) is 0 Å². The molecule has 0 aliphatic heterocycles. The molecule has 0 saturated carbocycles. The zero-order valence-corrected chi connectivity index (χ0v) is 8.62. The highest BCUT2D eigenvalue weighted by Crippen LogP contribution is 2.27. The van der Waals surface area contributed by atoms with Crippen molar-refractivity contribution in [3.63, 3.8) is 0 Å². The number of amides is 1. The van der Waals surface area contributed by atoms with E-state index in [1.54, 1.807) is 0 Å². The van der Waals surface area contributed by atoms with Crippen molar-refractivity contribution in [2.45, 2.75) is 0 Å². The fourth-order valence-corrected chi connectivity index (χ4v) is 1.02. The first-order valence-corrected chi connectivity index (χ1v) is 4.56. The molecule has 17 heavy (non-hydrogen) atoms. The number of phenolic OH excluding ortho intramolecular Hbond substituents is 1. The van der Waals surface area contributed by atoms with Crippen LogP contribution >= 0.6 is 0 Å². The molecule has 0 bridgehead atoms. The molecule has 0 aliphatic carbocycles. The highest BCUT2D eigenvalue weighted by molar-refractivity contribution is 5.87. The van der Waals surface area contributed by atoms with Crippen LogP contribution in [0.4, 0.5) is 16.2 Å². The van der Waals surface area contributed by atoms with E-state index < -0.39 is 11.0 Å². The number of anilines is 1. The number of non-ortho nitro benzene ring substituents is 1. The second-order valence-corrected chi connectivity index (χ2v) is 2.94. The van der Waals surface area contributed by atoms with E-state index in [1.807, 2.05) is 0 Å². The van der Waals surface area contributed by atoms with Gasteiger partial charge < -0.3 is 14.9 Å². The van der Waals surface area contributed by atoms with Crippen LogP contribution in [-0.4, -0.2) is 34.4 Å². The summed E-state index contributed by atoms with van der Waals surface area (Å²) in [6, 6.07) is 3.18. The Bertz CT molecular complexity index is 433. The van der Waals surface area contributed by atoms with E-state index in [9.17, 15) is 20.0 Å². The molecular formula is C9H10N2O6. The van der Waals surface area contributed by atoms with Crippen LogP contribution in [0.2, 0.25) is 0 Å². The van der Waals surface area contributed by atoms with Gasteiger partial charge in [0.05, 0.1) is 17.2 Å². The quantitative estimate of drug-likeness (QED) is 0.408. The summed E-state index contributed by atoms with van der Waals surface area (Å²) < 4.78 is 4.47. The van der Waals surface area contributed by atoms with Crippen LogP contribution in [0.3, 0.4) is 0 Å². The van der Waals surface area contributed by atoms with E-state index in [0.717, 1.165) is 18.2 Å². The first kappa shape index (κ1) is 12.7. The lowest BCUT2D eigenvalue weighted by molar-refractivity contribution is -0.384. The smallest absolute Gasteiger partial charge is 0.411 e. The van der Waals surface area contributed by atoms with Gasteiger partial charge in [0.1, 0.15) is 12.4 Å². The molecule has 1 amide bonds. The minimum Gasteiger partial charge on any atom is -0.506 e. The highest BCUT2D eigenvalue weighted by atomic mass is 16.6. The Labute approximate surface area is 95.6 Å². The number of nitrogens with zero attached hydrogens (tertiary/aromatic N) is 1. The molecule has 1 aromatic carbocycles. The molecular weight excluding hydrogens is 232 g/mol. The molecule has 92 valence electrons. The van der Waals surface area contributed by atoms with Crippen molar-refractivity contribution in [2.75, 3.05) is 18.5 Å². The first-order valence-electron chi connectivity index (χ1n) is 4.56. The average Bonchev–Trinajstić information content (AvgIpc) is 2.29. The lowest BCUT2D eigenvalue weighted by Gasteiger charge is -2.07. The minimum atomic E-state index is -0.921. The third kappa shape index (κ3) is 3.61. The van der Waals surface area contributed by atoms with E-state index in [2.05, 4.69) is 10.1 Å². The van der Waals surface area contributed by atoms with Crippen molar-refractivity contribution in [2.24, 2.45) is 0 Å². The minimum absolute atomic E-state index is 0.137. The van der Waals surface area contributed by atoms with Gasteiger partial charge in [-0.2, -0.15) is 0 Å². The van der Waals surface area contributed by atoms with Gasteiger partial charge in [-0.1, -0.05) is 0 Å². The number of phenols is 1. The maximum absolute atomic E-state index is 11.1. The van der Waals surface area contributed by atoms with Gasteiger partial charge in [-0.3, -0.25) is 15.4 Å². The molecule has 1 aromatic rings. The van der Waals surface area contributed by atoms with E-state index >= 15 is 0 Å². The molecule has 0 saturated heterocycles. The summed E-state index contributed by atoms with van der Waals surface area (Å²) in [7, 11) is 0. The number of ether oxygens (including phenoxy) is 1. The van der Waals surface area contributed by atoms with E-state index in [1.165, 1.54) is 0 Å². The second-order valence-electron chi connectivity index (χ2n) is 2.94. The Morgan fingerprint density at radius 1 is 1.53 bits per heavy atom. The van der Waals surface area contributed by atoms with Crippen LogP contribution in [0.5, 0.6) is 5.75 Å². The molecule has 1 rings (SSSR count). The molecule has 0 unspecified atom stereocenters. The molecule has 0 fully saturated rings. The number of benzene rings is 1. The number of aliphatic hydroxyl groups is 1. The molecule has 8 heteroatoms. The number of carbonyl (C=O) groups is 1. The van der Waals surface area contributed by atoms with E-state index in [4.69, 9.17) is 5.11 Å². The number of nitro benzene ring substituents is 1. The van der Waals surface area contributed by atoms with Gasteiger partial charge in [-0.15, -0.1) is 0 Å². The van der Waals surface area contributed by atoms with Crippen molar-refractivity contribution < 1.29 is 24.7 Å². The fourth-order valence-electron chi connectivity index (χ4n) is 1.02. The summed E-state index contributed by atoms with van der Waals surface area (Å²) in [4.78, 5) is 20.9. The lowest BCUT2D eigenvalue weighted by atomic mass is 10.2. The molecule has 0 radical (unpaired) electrons. The summed E-state index contributed by atoms with van der Waals surface area (Å²) in [5.41, 5.74) is -0.414. The van der Waals surface area contributed by atoms with Gasteiger partial charge in [0.25, 0.3) is 5.69 Å². The summed E-state index contributed by atoms with van der Waals surface area (Å²) in [6.45, 7) is -0.546. The number of nitro groups is 1. The maximum atomic E-state index is 11.1. The van der Waals surface area contributed by atoms with E-state index in [-0.39, 0.29) is 30.3 Å². The van der Waals surface area contributed by atoms with Gasteiger partial charge in [0.2, 0.25) is 0 Å². The van der Waals surface area contributed by atoms with Crippen molar-refractivity contribution in [3.8, 4) is 5.75 Å². The van der Waals surface area contributed by atoms with Crippen LogP contribution in [0, 0.1) is 10.1 Å². The van der Waals surface area contributed by atoms with Crippen molar-refractivity contribution in [1.82, 2.24) is 0 Å². The number of carbonyl (C=O) groups excluding carboxylic acids is 1. The molecule has 3 N–H and O–H groups in total. The number of rotatable bonds is 4. The fraction of sp³-hybridized carbons (Fsp3) is 0.222. The normalized spacial score (nSPS) is 9.71. The Balaban J connectivity index is 2.79. The standard InChI is InChI=1S/C9H10N2O6/c12-3-4-17-9(14)10-7-5-6(11(15)16)1-2-8(7)13/h1-2,5,12-13H,3-4H2,(H,10,14). The van der Waals surface area contributed by atoms with Gasteiger partial charge in [-0.05, 0) is 6.07 Å². The lowest BCUT2D eigenvalue weighted by Crippen LogP contribution is -2.15. The van der Waals surface area contributed by atoms with Crippen molar-refractivity contribution >= 4 is 17.5 Å². The topological polar surface area (TPSA) is 122 Å². The monoisotopic (exact) mass is 242 g/mol. The Morgan fingerprint density at radius 3 is 2.82 bits per heavy atom. The number of hydrogen-bond donors (Lipinski definition) is 3. The maximum Gasteiger partial charge on any atom is 0.411 e. The van der Waals surface area contributed by atoms with Crippen LogP contribution in [0.15, 0.2) is 18.2 Å². The van der Waals surface area contributed by atoms with Crippen LogP contribution in [0.1, 0.15) is 0 Å². The van der Waals surface area contributed by atoms with Crippen LogP contribution < -0.4 is 5.32 Å². The summed E-state index contributed by atoms with van der Waals surface area (Å²) >= 11 is 0. The van der Waals surface area contributed by atoms with Crippen LogP contribution in [-0.2, 0) is 4.74 Å². The van der Waals surface area contributed by atoms with Crippen molar-refractivity contribution in [1.29, 1.82) is 0 Å². The Morgan fingerprint density at radius 2 is 2.24 bits per heavy atom. The zero-order valence-electron chi connectivity index (χ0n) is 8.62. The number of aliphatic hydroxyl groups excluding tert-OH is 1. The molecule has 0 heterocycles. The molecule has 0 aliphatic rings. The number of nitrogens with one attached hydrogen (secondary N) is 1. The van der Waals surface area contributed by atoms with Crippen LogP contribution in [0.25, 0.3) is 0 Å². The zero-order chi connectivity index (χ0) is 12.8.